The zero-order valence-electron chi connectivity index (χ0n) is 11.9. The lowest BCUT2D eigenvalue weighted by Crippen LogP contribution is -2.61. The minimum Gasteiger partial charge on any atom is -0.355 e. The lowest BCUT2D eigenvalue weighted by atomic mass is 9.87. The van der Waals surface area contributed by atoms with Crippen LogP contribution in [0.5, 0.6) is 0 Å². The van der Waals surface area contributed by atoms with E-state index in [1.54, 1.807) is 4.90 Å². The molecule has 2 N–H and O–H groups in total. The number of hydrogen-bond acceptors (Lipinski definition) is 3. The number of nitrogens with one attached hydrogen (secondary N) is 2. The number of amides is 2. The van der Waals surface area contributed by atoms with Crippen molar-refractivity contribution in [1.82, 2.24) is 15.5 Å². The molecule has 2 amide bonds. The van der Waals surface area contributed by atoms with Gasteiger partial charge in [0, 0.05) is 31.6 Å². The first-order valence-electron chi connectivity index (χ1n) is 6.73. The molecule has 0 spiro atoms. The molecule has 1 unspecified atom stereocenters. The van der Waals surface area contributed by atoms with E-state index in [0.717, 1.165) is 13.0 Å². The summed E-state index contributed by atoms with van der Waals surface area (Å²) in [5.74, 6) is 0.00714. The van der Waals surface area contributed by atoms with E-state index in [4.69, 9.17) is 0 Å². The summed E-state index contributed by atoms with van der Waals surface area (Å²) < 4.78 is 0. The van der Waals surface area contributed by atoms with Crippen molar-refractivity contribution in [2.45, 2.75) is 40.2 Å². The molecule has 1 rings (SSSR count). The Morgan fingerprint density at radius 2 is 2.06 bits per heavy atom. The summed E-state index contributed by atoms with van der Waals surface area (Å²) in [6.45, 7) is 10.2. The lowest BCUT2D eigenvalue weighted by molar-refractivity contribution is -0.148. The van der Waals surface area contributed by atoms with Gasteiger partial charge in [-0.2, -0.15) is 0 Å². The van der Waals surface area contributed by atoms with Gasteiger partial charge < -0.3 is 15.5 Å². The fourth-order valence-corrected chi connectivity index (χ4v) is 2.01. The van der Waals surface area contributed by atoms with Crippen molar-refractivity contribution >= 4 is 11.8 Å². The molecule has 5 nitrogen and oxygen atoms in total. The Morgan fingerprint density at radius 1 is 1.39 bits per heavy atom. The molecule has 0 aromatic heterocycles. The fourth-order valence-electron chi connectivity index (χ4n) is 2.01. The van der Waals surface area contributed by atoms with Crippen LogP contribution in [0.2, 0.25) is 0 Å². The van der Waals surface area contributed by atoms with Gasteiger partial charge in [-0.25, -0.2) is 0 Å². The van der Waals surface area contributed by atoms with E-state index in [0.29, 0.717) is 19.6 Å². The predicted molar refractivity (Wildman–Crippen MR) is 71.1 cm³/mol. The van der Waals surface area contributed by atoms with Gasteiger partial charge in [0.05, 0.1) is 0 Å². The molecule has 0 saturated carbocycles. The average Bonchev–Trinajstić information content (AvgIpc) is 2.38. The molecule has 0 radical (unpaired) electrons. The Hall–Kier alpha value is -1.10. The molecule has 18 heavy (non-hydrogen) atoms. The van der Waals surface area contributed by atoms with Gasteiger partial charge in [0.25, 0.3) is 0 Å². The quantitative estimate of drug-likeness (QED) is 0.762. The van der Waals surface area contributed by atoms with Gasteiger partial charge in [-0.05, 0) is 13.3 Å². The van der Waals surface area contributed by atoms with E-state index in [9.17, 15) is 9.59 Å². The maximum absolute atomic E-state index is 12.5. The van der Waals surface area contributed by atoms with Crippen LogP contribution in [0, 0.1) is 5.41 Å². The van der Waals surface area contributed by atoms with Crippen LogP contribution in [0.15, 0.2) is 0 Å². The highest BCUT2D eigenvalue weighted by molar-refractivity contribution is 5.90. The van der Waals surface area contributed by atoms with Crippen LogP contribution in [0.1, 0.15) is 34.1 Å². The first-order chi connectivity index (χ1) is 8.44. The third-order valence-corrected chi connectivity index (χ3v) is 3.62. The van der Waals surface area contributed by atoms with Crippen LogP contribution in [0.3, 0.4) is 0 Å². The van der Waals surface area contributed by atoms with Crippen molar-refractivity contribution in [3.05, 3.63) is 0 Å². The van der Waals surface area contributed by atoms with Crippen LogP contribution in [0.4, 0.5) is 0 Å². The van der Waals surface area contributed by atoms with Crippen molar-refractivity contribution in [2.24, 2.45) is 5.41 Å². The van der Waals surface area contributed by atoms with Gasteiger partial charge in [0.2, 0.25) is 11.8 Å². The molecule has 1 fully saturated rings. The van der Waals surface area contributed by atoms with Crippen LogP contribution in [-0.2, 0) is 9.59 Å². The first-order valence-corrected chi connectivity index (χ1v) is 6.73. The smallest absolute Gasteiger partial charge is 0.244 e. The molecule has 1 saturated heterocycles. The summed E-state index contributed by atoms with van der Waals surface area (Å²) in [6.07, 6.45) is 0.776. The summed E-state index contributed by atoms with van der Waals surface area (Å²) >= 11 is 0. The van der Waals surface area contributed by atoms with Gasteiger partial charge >= 0.3 is 0 Å². The van der Waals surface area contributed by atoms with Crippen molar-refractivity contribution in [3.8, 4) is 0 Å². The molecular weight excluding hydrogens is 230 g/mol. The van der Waals surface area contributed by atoms with Crippen LogP contribution in [0.25, 0.3) is 0 Å². The molecule has 1 heterocycles. The maximum atomic E-state index is 12.5. The lowest BCUT2D eigenvalue weighted by Gasteiger charge is -2.39. The number of piperazine rings is 1. The molecule has 1 aliphatic rings. The topological polar surface area (TPSA) is 61.4 Å². The second kappa shape index (κ2) is 6.18. The number of carbonyl (C=O) groups excluding carboxylic acids is 2. The number of hydrogen-bond donors (Lipinski definition) is 2. The molecular formula is C13H25N3O2. The Morgan fingerprint density at radius 3 is 2.61 bits per heavy atom. The van der Waals surface area contributed by atoms with E-state index in [1.807, 2.05) is 27.7 Å². The van der Waals surface area contributed by atoms with Gasteiger partial charge in [-0.3, -0.25) is 9.59 Å². The van der Waals surface area contributed by atoms with Gasteiger partial charge in [0.1, 0.15) is 6.04 Å². The molecule has 104 valence electrons. The molecule has 0 aliphatic carbocycles. The molecule has 1 atom stereocenters. The van der Waals surface area contributed by atoms with Crippen molar-refractivity contribution in [2.75, 3.05) is 26.2 Å². The summed E-state index contributed by atoms with van der Waals surface area (Å²) in [5.41, 5.74) is -0.401. The summed E-state index contributed by atoms with van der Waals surface area (Å²) in [6, 6.07) is -0.378. The van der Waals surface area contributed by atoms with Gasteiger partial charge in [0.15, 0.2) is 0 Å². The SMILES string of the molecule is CCNC(=O)C1CNCCN1C(=O)C(C)(C)CC. The third-order valence-electron chi connectivity index (χ3n) is 3.62. The molecule has 1 aliphatic heterocycles. The van der Waals surface area contributed by atoms with E-state index in [1.165, 1.54) is 0 Å². The normalized spacial score (nSPS) is 20.7. The minimum atomic E-state index is -0.401. The van der Waals surface area contributed by atoms with Gasteiger partial charge in [-0.1, -0.05) is 20.8 Å². The maximum Gasteiger partial charge on any atom is 0.244 e. The molecule has 0 aromatic rings. The number of likely N-dealkylation sites (N-methyl/N-ethyl adjacent to an activating group) is 1. The molecule has 0 bridgehead atoms. The minimum absolute atomic E-state index is 0.0649. The largest absolute Gasteiger partial charge is 0.355 e. The number of carbonyl (C=O) groups is 2. The second-order valence-electron chi connectivity index (χ2n) is 5.35. The molecule has 0 aromatic carbocycles. The number of nitrogens with zero attached hydrogens (tertiary/aromatic N) is 1. The fraction of sp³-hybridized carbons (Fsp3) is 0.846. The standard InChI is InChI=1S/C13H25N3O2/c1-5-13(3,4)12(18)16-8-7-14-9-10(16)11(17)15-6-2/h10,14H,5-9H2,1-4H3,(H,15,17). The van der Waals surface area contributed by atoms with Crippen LogP contribution >= 0.6 is 0 Å². The summed E-state index contributed by atoms with van der Waals surface area (Å²) in [5, 5.41) is 5.97. The summed E-state index contributed by atoms with van der Waals surface area (Å²) in [7, 11) is 0. The Labute approximate surface area is 109 Å². The summed E-state index contributed by atoms with van der Waals surface area (Å²) in [4.78, 5) is 26.2. The zero-order valence-corrected chi connectivity index (χ0v) is 11.9. The third kappa shape index (κ3) is 3.22. The van der Waals surface area contributed by atoms with E-state index in [2.05, 4.69) is 10.6 Å². The highest BCUT2D eigenvalue weighted by Crippen LogP contribution is 2.24. The Bertz CT molecular complexity index is 315. The van der Waals surface area contributed by atoms with Gasteiger partial charge in [-0.15, -0.1) is 0 Å². The highest BCUT2D eigenvalue weighted by atomic mass is 16.2. The van der Waals surface area contributed by atoms with Crippen molar-refractivity contribution in [3.63, 3.8) is 0 Å². The monoisotopic (exact) mass is 255 g/mol. The van der Waals surface area contributed by atoms with Crippen molar-refractivity contribution in [1.29, 1.82) is 0 Å². The average molecular weight is 255 g/mol. The van der Waals surface area contributed by atoms with Crippen LogP contribution in [-0.4, -0.2) is 48.9 Å². The zero-order chi connectivity index (χ0) is 13.8. The highest BCUT2D eigenvalue weighted by Gasteiger charge is 2.38. The number of rotatable bonds is 4. The Balaban J connectivity index is 2.82. The second-order valence-corrected chi connectivity index (χ2v) is 5.35. The van der Waals surface area contributed by atoms with E-state index >= 15 is 0 Å². The molecule has 5 heteroatoms. The van der Waals surface area contributed by atoms with Crippen LogP contribution < -0.4 is 10.6 Å². The Kier molecular flexibility index (Phi) is 5.14. The first kappa shape index (κ1) is 15.0. The van der Waals surface area contributed by atoms with E-state index in [-0.39, 0.29) is 17.9 Å². The predicted octanol–water partition coefficient (Wildman–Crippen LogP) is 0.359. The van der Waals surface area contributed by atoms with Crippen molar-refractivity contribution < 1.29 is 9.59 Å². The van der Waals surface area contributed by atoms with E-state index < -0.39 is 5.41 Å².